The fourth-order valence-electron chi connectivity index (χ4n) is 2.79. The van der Waals surface area contributed by atoms with Gasteiger partial charge in [-0.3, -0.25) is 14.0 Å². The number of rotatable bonds is 3. The smallest absolute Gasteiger partial charge is 0.259 e. The molecule has 0 aliphatic carbocycles. The zero-order chi connectivity index (χ0) is 19.0. The highest BCUT2D eigenvalue weighted by Crippen LogP contribution is 2.26. The summed E-state index contributed by atoms with van der Waals surface area (Å²) in [6.07, 6.45) is 0. The molecule has 2 aromatic heterocycles. The van der Waals surface area contributed by atoms with Crippen molar-refractivity contribution in [2.45, 2.75) is 6.92 Å². The van der Waals surface area contributed by atoms with E-state index < -0.39 is 5.82 Å². The summed E-state index contributed by atoms with van der Waals surface area (Å²) < 4.78 is 14.6. The molecule has 1 N–H and O–H groups in total. The van der Waals surface area contributed by atoms with Crippen LogP contribution < -0.4 is 10.9 Å². The topological polar surface area (TPSA) is 63.5 Å². The van der Waals surface area contributed by atoms with Crippen LogP contribution in [0.3, 0.4) is 0 Å². The number of aryl methyl sites for hydroxylation is 1. The minimum atomic E-state index is -0.396. The molecule has 0 unspecified atom stereocenters. The lowest BCUT2D eigenvalue weighted by Crippen LogP contribution is -2.14. The molecule has 2 heterocycles. The zero-order valence-corrected chi connectivity index (χ0v) is 15.1. The predicted octanol–water partition coefficient (Wildman–Crippen LogP) is 4.12. The van der Waals surface area contributed by atoms with E-state index in [-0.39, 0.29) is 11.5 Å². The minimum absolute atomic E-state index is 0.144. The van der Waals surface area contributed by atoms with Crippen LogP contribution in [0.25, 0.3) is 16.2 Å². The molecule has 134 valence electrons. The summed E-state index contributed by atoms with van der Waals surface area (Å²) in [6.45, 7) is 1.78. The van der Waals surface area contributed by atoms with Crippen molar-refractivity contribution in [3.63, 3.8) is 0 Å². The standard InChI is InChI=1S/C20H14FN3O2S/c1-12-9-18(25)24-17(11-27-20(24)22-12)14-3-2-4-16(10-14)23-19(26)13-5-7-15(21)8-6-13/h2-11H,1H3,(H,23,26). The number of benzene rings is 2. The molecule has 0 fully saturated rings. The SMILES string of the molecule is Cc1cc(=O)n2c(-c3cccc(NC(=O)c4ccc(F)cc4)c3)csc2n1. The number of nitrogens with zero attached hydrogens (tertiary/aromatic N) is 2. The number of carbonyl (C=O) groups is 1. The number of halogens is 1. The molecule has 1 amide bonds. The number of carbonyl (C=O) groups excluding carboxylic acids is 1. The largest absolute Gasteiger partial charge is 0.322 e. The number of amides is 1. The van der Waals surface area contributed by atoms with Gasteiger partial charge in [0.05, 0.1) is 5.69 Å². The van der Waals surface area contributed by atoms with Gasteiger partial charge in [0.15, 0.2) is 4.96 Å². The van der Waals surface area contributed by atoms with Gasteiger partial charge in [-0.05, 0) is 43.3 Å². The van der Waals surface area contributed by atoms with Gasteiger partial charge in [-0.25, -0.2) is 9.37 Å². The minimum Gasteiger partial charge on any atom is -0.322 e. The second kappa shape index (κ2) is 6.77. The van der Waals surface area contributed by atoms with Gasteiger partial charge in [-0.2, -0.15) is 0 Å². The average Bonchev–Trinajstić information content (AvgIpc) is 3.06. The van der Waals surface area contributed by atoms with E-state index in [0.29, 0.717) is 27.6 Å². The van der Waals surface area contributed by atoms with Crippen molar-refractivity contribution >= 4 is 27.9 Å². The van der Waals surface area contributed by atoms with Gasteiger partial charge in [0.1, 0.15) is 5.82 Å². The first-order valence-corrected chi connectivity index (χ1v) is 9.04. The Hall–Kier alpha value is -3.32. The molecule has 4 rings (SSSR count). The fraction of sp³-hybridized carbons (Fsp3) is 0.0500. The van der Waals surface area contributed by atoms with Crippen molar-refractivity contribution in [2.24, 2.45) is 0 Å². The van der Waals surface area contributed by atoms with Gasteiger partial charge in [0.25, 0.3) is 11.5 Å². The molecule has 4 aromatic rings. The Morgan fingerprint density at radius 3 is 2.70 bits per heavy atom. The van der Waals surface area contributed by atoms with Gasteiger partial charge in [0.2, 0.25) is 0 Å². The molecule has 0 saturated heterocycles. The monoisotopic (exact) mass is 379 g/mol. The first-order valence-electron chi connectivity index (χ1n) is 8.16. The lowest BCUT2D eigenvalue weighted by molar-refractivity contribution is 0.102. The molecular formula is C20H14FN3O2S. The van der Waals surface area contributed by atoms with E-state index >= 15 is 0 Å². The second-order valence-corrected chi connectivity index (χ2v) is 6.85. The number of nitrogens with one attached hydrogen (secondary N) is 1. The van der Waals surface area contributed by atoms with Crippen molar-refractivity contribution < 1.29 is 9.18 Å². The van der Waals surface area contributed by atoms with Gasteiger partial charge >= 0.3 is 0 Å². The van der Waals surface area contributed by atoms with Crippen LogP contribution in [0.5, 0.6) is 0 Å². The number of hydrogen-bond donors (Lipinski definition) is 1. The van der Waals surface area contributed by atoms with Crippen LogP contribution in [-0.2, 0) is 0 Å². The van der Waals surface area contributed by atoms with Crippen LogP contribution in [0.4, 0.5) is 10.1 Å². The van der Waals surface area contributed by atoms with E-state index in [1.165, 1.54) is 41.7 Å². The molecule has 2 aromatic carbocycles. The number of fused-ring (bicyclic) bond motifs is 1. The third-order valence-electron chi connectivity index (χ3n) is 4.06. The summed E-state index contributed by atoms with van der Waals surface area (Å²) in [4.78, 5) is 29.7. The van der Waals surface area contributed by atoms with Crippen molar-refractivity contribution in [2.75, 3.05) is 5.32 Å². The Labute approximate surface area is 157 Å². The molecule has 0 aliphatic heterocycles. The zero-order valence-electron chi connectivity index (χ0n) is 14.3. The van der Waals surface area contributed by atoms with E-state index in [2.05, 4.69) is 10.3 Å². The first kappa shape index (κ1) is 17.1. The van der Waals surface area contributed by atoms with Gasteiger partial charge in [-0.1, -0.05) is 12.1 Å². The van der Waals surface area contributed by atoms with Gasteiger partial charge in [0, 0.05) is 34.0 Å². The van der Waals surface area contributed by atoms with Crippen LogP contribution in [0, 0.1) is 12.7 Å². The van der Waals surface area contributed by atoms with Crippen LogP contribution in [0.2, 0.25) is 0 Å². The normalized spacial score (nSPS) is 10.9. The van der Waals surface area contributed by atoms with E-state index in [4.69, 9.17) is 0 Å². The maximum absolute atomic E-state index is 13.0. The third-order valence-corrected chi connectivity index (χ3v) is 4.88. The highest BCUT2D eigenvalue weighted by atomic mass is 32.1. The maximum Gasteiger partial charge on any atom is 0.259 e. The lowest BCUT2D eigenvalue weighted by atomic mass is 10.1. The number of hydrogen-bond acceptors (Lipinski definition) is 4. The van der Waals surface area contributed by atoms with Crippen molar-refractivity contribution in [1.82, 2.24) is 9.38 Å². The average molecular weight is 379 g/mol. The summed E-state index contributed by atoms with van der Waals surface area (Å²) >= 11 is 1.38. The lowest BCUT2D eigenvalue weighted by Gasteiger charge is -2.08. The third kappa shape index (κ3) is 3.37. The summed E-state index contributed by atoms with van der Waals surface area (Å²) in [5.41, 5.74) is 2.97. The number of aromatic nitrogens is 2. The Morgan fingerprint density at radius 1 is 1.15 bits per heavy atom. The van der Waals surface area contributed by atoms with E-state index in [0.717, 1.165) is 5.56 Å². The molecule has 7 heteroatoms. The van der Waals surface area contributed by atoms with Gasteiger partial charge < -0.3 is 5.32 Å². The van der Waals surface area contributed by atoms with Crippen molar-refractivity contribution in [3.05, 3.63) is 87.4 Å². The van der Waals surface area contributed by atoms with Crippen LogP contribution >= 0.6 is 11.3 Å². The Bertz CT molecular complexity index is 1210. The van der Waals surface area contributed by atoms with Gasteiger partial charge in [-0.15, -0.1) is 11.3 Å². The quantitative estimate of drug-likeness (QED) is 0.582. The molecule has 0 saturated carbocycles. The Kier molecular flexibility index (Phi) is 4.29. The molecule has 5 nitrogen and oxygen atoms in total. The molecular weight excluding hydrogens is 365 g/mol. The summed E-state index contributed by atoms with van der Waals surface area (Å²) in [6, 6.07) is 14.0. The van der Waals surface area contributed by atoms with Crippen LogP contribution in [0.1, 0.15) is 16.1 Å². The first-order chi connectivity index (χ1) is 13.0. The molecule has 0 bridgehead atoms. The highest BCUT2D eigenvalue weighted by molar-refractivity contribution is 7.15. The molecule has 0 radical (unpaired) electrons. The van der Waals surface area contributed by atoms with Crippen molar-refractivity contribution in [3.8, 4) is 11.3 Å². The molecule has 0 atom stereocenters. The number of thiazole rings is 1. The summed E-state index contributed by atoms with van der Waals surface area (Å²) in [5.74, 6) is -0.732. The highest BCUT2D eigenvalue weighted by Gasteiger charge is 2.11. The summed E-state index contributed by atoms with van der Waals surface area (Å²) in [7, 11) is 0. The van der Waals surface area contributed by atoms with E-state index in [1.54, 1.807) is 29.5 Å². The maximum atomic E-state index is 13.0. The summed E-state index contributed by atoms with van der Waals surface area (Å²) in [5, 5.41) is 4.66. The van der Waals surface area contributed by atoms with Crippen LogP contribution in [-0.4, -0.2) is 15.3 Å². The Morgan fingerprint density at radius 2 is 1.93 bits per heavy atom. The van der Waals surface area contributed by atoms with E-state index in [1.807, 2.05) is 11.4 Å². The second-order valence-electron chi connectivity index (χ2n) is 6.02. The predicted molar refractivity (Wildman–Crippen MR) is 104 cm³/mol. The Balaban J connectivity index is 1.68. The van der Waals surface area contributed by atoms with Crippen LogP contribution in [0.15, 0.2) is 64.8 Å². The molecule has 27 heavy (non-hydrogen) atoms. The molecule has 0 spiro atoms. The van der Waals surface area contributed by atoms with Crippen molar-refractivity contribution in [1.29, 1.82) is 0 Å². The van der Waals surface area contributed by atoms with E-state index in [9.17, 15) is 14.0 Å². The molecule has 0 aliphatic rings. The fourth-order valence-corrected chi connectivity index (χ4v) is 3.74. The number of anilines is 1.